The van der Waals surface area contributed by atoms with Gasteiger partial charge in [-0.3, -0.25) is 16.3 Å². The number of fused-ring (bicyclic) bond motifs is 1. The van der Waals surface area contributed by atoms with Gasteiger partial charge in [0.25, 0.3) is 0 Å². The van der Waals surface area contributed by atoms with E-state index >= 15 is 0 Å². The summed E-state index contributed by atoms with van der Waals surface area (Å²) in [5.41, 5.74) is 6.61. The van der Waals surface area contributed by atoms with Crippen LogP contribution in [0.3, 0.4) is 0 Å². The highest BCUT2D eigenvalue weighted by Gasteiger charge is 2.33. The molecule has 0 saturated carbocycles. The number of furan rings is 1. The van der Waals surface area contributed by atoms with E-state index in [0.717, 1.165) is 29.9 Å². The quantitative estimate of drug-likeness (QED) is 0.655. The Hall–Kier alpha value is -1.65. The van der Waals surface area contributed by atoms with E-state index in [1.807, 2.05) is 26.1 Å². The fourth-order valence-electron chi connectivity index (χ4n) is 3.15. The number of aromatic nitrogens is 1. The van der Waals surface area contributed by atoms with E-state index in [0.29, 0.717) is 5.92 Å². The van der Waals surface area contributed by atoms with Crippen molar-refractivity contribution < 1.29 is 4.42 Å². The number of hydrazine groups is 1. The van der Waals surface area contributed by atoms with Crippen molar-refractivity contribution in [3.63, 3.8) is 0 Å². The Balaban J connectivity index is 1.99. The van der Waals surface area contributed by atoms with Gasteiger partial charge in [0, 0.05) is 23.4 Å². The maximum atomic E-state index is 5.80. The standard InChI is InChI=1S/C15H19N3O/c1-9-8-13(10(2)19-9)15(18-16)12-6-5-11-4-3-7-17-14(11)12/h3-4,7-8,12,15,18H,5-6,16H2,1-2H3. The van der Waals surface area contributed by atoms with Crippen molar-refractivity contribution in [3.8, 4) is 0 Å². The second-order valence-corrected chi connectivity index (χ2v) is 5.21. The van der Waals surface area contributed by atoms with Gasteiger partial charge in [0.05, 0.1) is 6.04 Å². The average molecular weight is 257 g/mol. The zero-order valence-electron chi connectivity index (χ0n) is 11.3. The third kappa shape index (κ3) is 2.07. The van der Waals surface area contributed by atoms with Gasteiger partial charge in [0.15, 0.2) is 0 Å². The van der Waals surface area contributed by atoms with Crippen molar-refractivity contribution in [2.75, 3.05) is 0 Å². The number of hydrogen-bond donors (Lipinski definition) is 2. The molecule has 2 aromatic rings. The Kier molecular flexibility index (Phi) is 3.12. The summed E-state index contributed by atoms with van der Waals surface area (Å²) in [6.07, 6.45) is 4.00. The zero-order valence-corrected chi connectivity index (χ0v) is 11.3. The van der Waals surface area contributed by atoms with Crippen LogP contribution in [0.25, 0.3) is 0 Å². The second kappa shape index (κ2) is 4.79. The van der Waals surface area contributed by atoms with Gasteiger partial charge < -0.3 is 4.42 Å². The number of rotatable bonds is 3. The minimum absolute atomic E-state index is 0.0635. The van der Waals surface area contributed by atoms with E-state index in [4.69, 9.17) is 10.3 Å². The lowest BCUT2D eigenvalue weighted by Gasteiger charge is -2.22. The highest BCUT2D eigenvalue weighted by atomic mass is 16.3. The first-order valence-electron chi connectivity index (χ1n) is 6.67. The molecule has 0 aliphatic heterocycles. The zero-order chi connectivity index (χ0) is 13.4. The largest absolute Gasteiger partial charge is 0.466 e. The van der Waals surface area contributed by atoms with Crippen LogP contribution in [0.1, 0.15) is 46.7 Å². The highest BCUT2D eigenvalue weighted by molar-refractivity contribution is 5.34. The highest BCUT2D eigenvalue weighted by Crippen LogP contribution is 2.41. The summed E-state index contributed by atoms with van der Waals surface area (Å²) in [6, 6.07) is 6.29. The summed E-state index contributed by atoms with van der Waals surface area (Å²) in [4.78, 5) is 4.55. The van der Waals surface area contributed by atoms with Gasteiger partial charge >= 0.3 is 0 Å². The topological polar surface area (TPSA) is 64.1 Å². The molecule has 100 valence electrons. The van der Waals surface area contributed by atoms with Gasteiger partial charge in [0.1, 0.15) is 11.5 Å². The summed E-state index contributed by atoms with van der Waals surface area (Å²) in [6.45, 7) is 3.95. The van der Waals surface area contributed by atoms with Crippen LogP contribution in [0.5, 0.6) is 0 Å². The second-order valence-electron chi connectivity index (χ2n) is 5.21. The van der Waals surface area contributed by atoms with Crippen LogP contribution in [0.2, 0.25) is 0 Å². The van der Waals surface area contributed by atoms with E-state index in [2.05, 4.69) is 22.5 Å². The number of pyridine rings is 1. The Morgan fingerprint density at radius 1 is 1.47 bits per heavy atom. The molecule has 0 saturated heterocycles. The Bertz CT molecular complexity index is 591. The molecule has 1 aliphatic rings. The Labute approximate surface area is 113 Å². The maximum absolute atomic E-state index is 5.80. The van der Waals surface area contributed by atoms with Crippen LogP contribution in [0.4, 0.5) is 0 Å². The first kappa shape index (κ1) is 12.4. The molecular formula is C15H19N3O. The molecule has 0 amide bonds. The number of aryl methyl sites for hydroxylation is 3. The Morgan fingerprint density at radius 3 is 3.00 bits per heavy atom. The van der Waals surface area contributed by atoms with Crippen molar-refractivity contribution in [2.45, 2.75) is 38.6 Å². The van der Waals surface area contributed by atoms with Gasteiger partial charge in [0.2, 0.25) is 0 Å². The minimum Gasteiger partial charge on any atom is -0.466 e. The van der Waals surface area contributed by atoms with E-state index in [9.17, 15) is 0 Å². The smallest absolute Gasteiger partial charge is 0.105 e. The third-order valence-electron chi connectivity index (χ3n) is 4.00. The lowest BCUT2D eigenvalue weighted by Crippen LogP contribution is -2.32. The summed E-state index contributed by atoms with van der Waals surface area (Å²) in [7, 11) is 0. The SMILES string of the molecule is Cc1cc(C(NN)C2CCc3cccnc32)c(C)o1. The van der Waals surface area contributed by atoms with Crippen molar-refractivity contribution in [3.05, 3.63) is 52.7 Å². The third-order valence-corrected chi connectivity index (χ3v) is 4.00. The molecule has 3 rings (SSSR count). The molecule has 4 heteroatoms. The van der Waals surface area contributed by atoms with Crippen LogP contribution in [-0.4, -0.2) is 4.98 Å². The summed E-state index contributed by atoms with van der Waals surface area (Å²) < 4.78 is 5.63. The molecule has 4 nitrogen and oxygen atoms in total. The van der Waals surface area contributed by atoms with Crippen molar-refractivity contribution in [1.29, 1.82) is 0 Å². The van der Waals surface area contributed by atoms with Crippen LogP contribution in [0, 0.1) is 13.8 Å². The first-order valence-corrected chi connectivity index (χ1v) is 6.67. The molecule has 19 heavy (non-hydrogen) atoms. The van der Waals surface area contributed by atoms with Crippen LogP contribution >= 0.6 is 0 Å². The van der Waals surface area contributed by atoms with Crippen LogP contribution in [-0.2, 0) is 6.42 Å². The van der Waals surface area contributed by atoms with Gasteiger partial charge in [-0.05, 0) is 44.4 Å². The van der Waals surface area contributed by atoms with Gasteiger partial charge in [-0.25, -0.2) is 0 Å². The summed E-state index contributed by atoms with van der Waals surface area (Å²) >= 11 is 0. The molecule has 0 fully saturated rings. The van der Waals surface area contributed by atoms with E-state index < -0.39 is 0 Å². The Morgan fingerprint density at radius 2 is 2.32 bits per heavy atom. The molecule has 2 aromatic heterocycles. The van der Waals surface area contributed by atoms with Gasteiger partial charge in [-0.2, -0.15) is 0 Å². The maximum Gasteiger partial charge on any atom is 0.105 e. The predicted octanol–water partition coefficient (Wildman–Crippen LogP) is 2.53. The van der Waals surface area contributed by atoms with Crippen molar-refractivity contribution in [1.82, 2.24) is 10.4 Å². The van der Waals surface area contributed by atoms with Crippen molar-refractivity contribution >= 4 is 0 Å². The molecule has 3 N–H and O–H groups in total. The lowest BCUT2D eigenvalue weighted by molar-refractivity contribution is 0.432. The number of hydrogen-bond acceptors (Lipinski definition) is 4. The molecule has 2 heterocycles. The molecule has 2 unspecified atom stereocenters. The molecule has 0 bridgehead atoms. The minimum atomic E-state index is 0.0635. The fraction of sp³-hybridized carbons (Fsp3) is 0.400. The molecule has 0 aromatic carbocycles. The predicted molar refractivity (Wildman–Crippen MR) is 73.5 cm³/mol. The van der Waals surface area contributed by atoms with E-state index in [1.165, 1.54) is 11.3 Å². The summed E-state index contributed by atoms with van der Waals surface area (Å²) in [5, 5.41) is 0. The monoisotopic (exact) mass is 257 g/mol. The van der Waals surface area contributed by atoms with Crippen LogP contribution in [0.15, 0.2) is 28.8 Å². The normalized spacial score (nSPS) is 19.4. The summed E-state index contributed by atoms with van der Waals surface area (Å²) in [5.74, 6) is 7.98. The number of nitrogens with two attached hydrogens (primary N) is 1. The lowest BCUT2D eigenvalue weighted by atomic mass is 9.91. The number of nitrogens with one attached hydrogen (secondary N) is 1. The molecule has 0 radical (unpaired) electrons. The van der Waals surface area contributed by atoms with E-state index in [1.54, 1.807) is 0 Å². The average Bonchev–Trinajstić information content (AvgIpc) is 2.96. The van der Waals surface area contributed by atoms with Crippen LogP contribution < -0.4 is 11.3 Å². The number of nitrogens with zero attached hydrogens (tertiary/aromatic N) is 1. The molecule has 1 aliphatic carbocycles. The molecule has 0 spiro atoms. The molecular weight excluding hydrogens is 238 g/mol. The molecule has 2 atom stereocenters. The van der Waals surface area contributed by atoms with Gasteiger partial charge in [-0.15, -0.1) is 0 Å². The van der Waals surface area contributed by atoms with Crippen molar-refractivity contribution in [2.24, 2.45) is 5.84 Å². The van der Waals surface area contributed by atoms with E-state index in [-0.39, 0.29) is 6.04 Å². The fourth-order valence-corrected chi connectivity index (χ4v) is 3.15. The first-order chi connectivity index (χ1) is 9.20. The van der Waals surface area contributed by atoms with Gasteiger partial charge in [-0.1, -0.05) is 6.07 Å².